The van der Waals surface area contributed by atoms with Crippen LogP contribution in [0, 0.1) is 11.8 Å². The fourth-order valence-electron chi connectivity index (χ4n) is 4.77. The van der Waals surface area contributed by atoms with Gasteiger partial charge in [-0.3, -0.25) is 4.79 Å². The molecule has 2 aromatic rings. The summed E-state index contributed by atoms with van der Waals surface area (Å²) >= 11 is 6.35. The van der Waals surface area contributed by atoms with Crippen molar-refractivity contribution in [2.75, 3.05) is 36.4 Å². The molecular formula is C23H24ClN4O2+. The molecule has 154 valence electrons. The van der Waals surface area contributed by atoms with E-state index in [4.69, 9.17) is 11.6 Å². The highest BCUT2D eigenvalue weighted by molar-refractivity contribution is 6.33. The molecule has 7 heteroatoms. The molecule has 6 nitrogen and oxygen atoms in total. The number of carbonyl (C=O) groups is 2. The summed E-state index contributed by atoms with van der Waals surface area (Å²) in [6.07, 6.45) is 6.53. The van der Waals surface area contributed by atoms with Crippen molar-refractivity contribution in [1.29, 1.82) is 0 Å². The van der Waals surface area contributed by atoms with Gasteiger partial charge < -0.3 is 9.80 Å². The normalized spacial score (nSPS) is 22.9. The SMILES string of the molecule is O=C1CCc2cc(/C=C/C(=O)N3C[C@@H]4CN(c5ccccc5Cl)C[C@@H]4C3)c[nH+]c2N1. The number of nitrogens with zero attached hydrogens (tertiary/aromatic N) is 2. The third-order valence-corrected chi connectivity index (χ3v) is 6.66. The summed E-state index contributed by atoms with van der Waals surface area (Å²) < 4.78 is 0. The van der Waals surface area contributed by atoms with E-state index in [0.717, 1.165) is 53.8 Å². The molecule has 5 rings (SSSR count). The van der Waals surface area contributed by atoms with Gasteiger partial charge in [-0.05, 0) is 30.7 Å². The van der Waals surface area contributed by atoms with Crippen LogP contribution in [0.25, 0.3) is 6.08 Å². The molecule has 1 aromatic carbocycles. The summed E-state index contributed by atoms with van der Waals surface area (Å²) in [6, 6.07) is 9.98. The molecule has 30 heavy (non-hydrogen) atoms. The number of para-hydroxylation sites is 1. The number of amides is 2. The Bertz CT molecular complexity index is 1020. The molecule has 0 radical (unpaired) electrons. The number of aryl methyl sites for hydroxylation is 1. The average Bonchev–Trinajstić information content (AvgIpc) is 3.31. The molecule has 0 spiro atoms. The van der Waals surface area contributed by atoms with Crippen molar-refractivity contribution in [3.63, 3.8) is 0 Å². The summed E-state index contributed by atoms with van der Waals surface area (Å²) in [6.45, 7) is 3.45. The van der Waals surface area contributed by atoms with Crippen LogP contribution in [-0.2, 0) is 16.0 Å². The molecule has 0 saturated carbocycles. The van der Waals surface area contributed by atoms with Gasteiger partial charge in [-0.2, -0.15) is 0 Å². The van der Waals surface area contributed by atoms with Crippen molar-refractivity contribution in [2.45, 2.75) is 12.8 Å². The lowest BCUT2D eigenvalue weighted by atomic mass is 10.0. The van der Waals surface area contributed by atoms with Gasteiger partial charge in [0.05, 0.1) is 23.3 Å². The molecule has 2 atom stereocenters. The minimum absolute atomic E-state index is 0.0323. The number of aromatic amines is 1. The zero-order valence-corrected chi connectivity index (χ0v) is 17.4. The number of H-pyrrole nitrogens is 1. The van der Waals surface area contributed by atoms with Crippen LogP contribution in [-0.4, -0.2) is 42.9 Å². The topological polar surface area (TPSA) is 66.8 Å². The van der Waals surface area contributed by atoms with E-state index in [1.54, 1.807) is 6.08 Å². The van der Waals surface area contributed by atoms with Crippen LogP contribution in [0.15, 0.2) is 42.6 Å². The summed E-state index contributed by atoms with van der Waals surface area (Å²) in [5.74, 6) is 1.81. The Hall–Kier alpha value is -2.86. The van der Waals surface area contributed by atoms with Gasteiger partial charge in [0.15, 0.2) is 0 Å². The average molecular weight is 424 g/mol. The number of hydrogen-bond donors (Lipinski definition) is 1. The highest BCUT2D eigenvalue weighted by Gasteiger charge is 2.41. The minimum Gasteiger partial charge on any atom is -0.370 e. The van der Waals surface area contributed by atoms with Gasteiger partial charge in [0.2, 0.25) is 5.91 Å². The molecular weight excluding hydrogens is 400 g/mol. The first-order chi connectivity index (χ1) is 14.6. The monoisotopic (exact) mass is 423 g/mol. The number of fused-ring (bicyclic) bond motifs is 2. The van der Waals surface area contributed by atoms with Gasteiger partial charge in [0, 0.05) is 55.2 Å². The van der Waals surface area contributed by atoms with E-state index in [1.165, 1.54) is 0 Å². The van der Waals surface area contributed by atoms with Crippen LogP contribution in [0.1, 0.15) is 17.5 Å². The highest BCUT2D eigenvalue weighted by atomic mass is 35.5. The lowest BCUT2D eigenvalue weighted by Crippen LogP contribution is -2.32. The predicted molar refractivity (Wildman–Crippen MR) is 116 cm³/mol. The number of rotatable bonds is 3. The number of hydrogen-bond acceptors (Lipinski definition) is 3. The number of anilines is 2. The first kappa shape index (κ1) is 19.1. The van der Waals surface area contributed by atoms with Crippen LogP contribution in [0.2, 0.25) is 5.02 Å². The molecule has 1 aromatic heterocycles. The van der Waals surface area contributed by atoms with Gasteiger partial charge in [-0.25, -0.2) is 15.1 Å². The predicted octanol–water partition coefficient (Wildman–Crippen LogP) is 2.65. The molecule has 2 amide bonds. The van der Waals surface area contributed by atoms with Crippen molar-refractivity contribution in [3.05, 3.63) is 58.8 Å². The fraction of sp³-hybridized carbons (Fsp3) is 0.348. The molecule has 0 unspecified atom stereocenters. The second kappa shape index (κ2) is 7.76. The lowest BCUT2D eigenvalue weighted by molar-refractivity contribution is -0.361. The molecule has 0 bridgehead atoms. The summed E-state index contributed by atoms with van der Waals surface area (Å²) in [5, 5.41) is 3.62. The largest absolute Gasteiger partial charge is 0.370 e. The van der Waals surface area contributed by atoms with Crippen molar-refractivity contribution in [2.24, 2.45) is 11.8 Å². The van der Waals surface area contributed by atoms with Crippen LogP contribution in [0.3, 0.4) is 0 Å². The smallest absolute Gasteiger partial charge is 0.307 e. The molecule has 3 aliphatic heterocycles. The van der Waals surface area contributed by atoms with Crippen LogP contribution >= 0.6 is 11.6 Å². The first-order valence-corrected chi connectivity index (χ1v) is 10.8. The molecule has 2 N–H and O–H groups in total. The third-order valence-electron chi connectivity index (χ3n) is 6.34. The number of aromatic nitrogens is 1. The third kappa shape index (κ3) is 3.67. The fourth-order valence-corrected chi connectivity index (χ4v) is 5.03. The second-order valence-electron chi connectivity index (χ2n) is 8.33. The number of halogens is 1. The van der Waals surface area contributed by atoms with E-state index in [2.05, 4.69) is 21.3 Å². The van der Waals surface area contributed by atoms with E-state index < -0.39 is 0 Å². The maximum absolute atomic E-state index is 12.7. The Kier molecular flexibility index (Phi) is 4.95. The first-order valence-electron chi connectivity index (χ1n) is 10.4. The minimum atomic E-state index is 0.0323. The van der Waals surface area contributed by atoms with Crippen LogP contribution in [0.4, 0.5) is 11.5 Å². The Labute approximate surface area is 180 Å². The van der Waals surface area contributed by atoms with Crippen molar-refractivity contribution >= 4 is 41.0 Å². The molecule has 0 aliphatic carbocycles. The zero-order valence-electron chi connectivity index (χ0n) is 16.6. The summed E-state index contributed by atoms with van der Waals surface area (Å²) in [5.41, 5.74) is 3.09. The number of nitrogens with one attached hydrogen (secondary N) is 2. The van der Waals surface area contributed by atoms with Crippen molar-refractivity contribution in [1.82, 2.24) is 4.90 Å². The van der Waals surface area contributed by atoms with Gasteiger partial charge in [-0.1, -0.05) is 23.7 Å². The Morgan fingerprint density at radius 2 is 1.90 bits per heavy atom. The number of pyridine rings is 1. The Balaban J connectivity index is 1.20. The summed E-state index contributed by atoms with van der Waals surface area (Å²) in [7, 11) is 0. The van der Waals surface area contributed by atoms with Crippen LogP contribution in [0.5, 0.6) is 0 Å². The maximum Gasteiger partial charge on any atom is 0.307 e. The Morgan fingerprint density at radius 3 is 2.67 bits per heavy atom. The number of benzene rings is 1. The standard InChI is InChI=1S/C23H23ClN4O2/c24-19-3-1-2-4-20(19)27-11-17-13-28(14-18(17)12-27)22(30)8-5-15-9-16-6-7-21(29)26-23(16)25-10-15/h1-5,8-10,17-18H,6-7,11-14H2,(H,25,26,29)/p+1/b8-5+/t17-,18+. The maximum atomic E-state index is 12.7. The van der Waals surface area contributed by atoms with Gasteiger partial charge >= 0.3 is 5.91 Å². The number of carbonyl (C=O) groups excluding carboxylic acids is 2. The van der Waals surface area contributed by atoms with E-state index in [-0.39, 0.29) is 11.8 Å². The van der Waals surface area contributed by atoms with Gasteiger partial charge in [-0.15, -0.1) is 0 Å². The molecule has 3 aliphatic rings. The van der Waals surface area contributed by atoms with Crippen LogP contribution < -0.4 is 15.2 Å². The van der Waals surface area contributed by atoms with Gasteiger partial charge in [0.25, 0.3) is 5.82 Å². The highest BCUT2D eigenvalue weighted by Crippen LogP contribution is 2.36. The van der Waals surface area contributed by atoms with Crippen molar-refractivity contribution < 1.29 is 14.6 Å². The van der Waals surface area contributed by atoms with Crippen molar-refractivity contribution in [3.8, 4) is 0 Å². The van der Waals surface area contributed by atoms with E-state index in [9.17, 15) is 9.59 Å². The quantitative estimate of drug-likeness (QED) is 0.772. The molecule has 4 heterocycles. The lowest BCUT2D eigenvalue weighted by Gasteiger charge is -2.23. The van der Waals surface area contributed by atoms with E-state index in [1.807, 2.05) is 41.4 Å². The second-order valence-corrected chi connectivity index (χ2v) is 8.74. The zero-order chi connectivity index (χ0) is 20.7. The Morgan fingerprint density at radius 1 is 1.13 bits per heavy atom. The van der Waals surface area contributed by atoms with E-state index in [0.29, 0.717) is 24.7 Å². The van der Waals surface area contributed by atoms with E-state index >= 15 is 0 Å². The molecule has 2 saturated heterocycles. The molecule has 2 fully saturated rings. The van der Waals surface area contributed by atoms with Gasteiger partial charge in [0.1, 0.15) is 0 Å². The summed E-state index contributed by atoms with van der Waals surface area (Å²) in [4.78, 5) is 31.6. The number of likely N-dealkylation sites (tertiary alicyclic amines) is 1.